The van der Waals surface area contributed by atoms with Crippen molar-refractivity contribution in [1.29, 1.82) is 0 Å². The molecule has 6 heterocycles. The zero-order chi connectivity index (χ0) is 33.9. The Morgan fingerprint density at radius 1 is 1.02 bits per heavy atom. The maximum absolute atomic E-state index is 15.5. The molecule has 1 unspecified atom stereocenters. The van der Waals surface area contributed by atoms with Crippen LogP contribution in [0.4, 0.5) is 8.78 Å². The highest BCUT2D eigenvalue weighted by molar-refractivity contribution is 6.00. The van der Waals surface area contributed by atoms with E-state index in [1.165, 1.54) is 23.4 Å². The second kappa shape index (κ2) is 12.6. The number of amides is 1. The van der Waals surface area contributed by atoms with Gasteiger partial charge in [-0.05, 0) is 60.2 Å². The van der Waals surface area contributed by atoms with Gasteiger partial charge in [0.1, 0.15) is 47.6 Å². The van der Waals surface area contributed by atoms with E-state index in [2.05, 4.69) is 30.8 Å². The predicted molar refractivity (Wildman–Crippen MR) is 181 cm³/mol. The van der Waals surface area contributed by atoms with E-state index in [-0.39, 0.29) is 53.8 Å². The normalized spacial score (nSPS) is 22.3. The highest BCUT2D eigenvalue weighted by atomic mass is 19.1. The smallest absolute Gasteiger partial charge is 0.265 e. The third-order valence-electron chi connectivity index (χ3n) is 10.5. The molecule has 0 spiro atoms. The van der Waals surface area contributed by atoms with Crippen LogP contribution in [0.1, 0.15) is 52.4 Å². The number of benzene rings is 1. The van der Waals surface area contributed by atoms with Gasteiger partial charge in [-0.3, -0.25) is 19.6 Å². The van der Waals surface area contributed by atoms with Crippen molar-refractivity contribution >= 4 is 22.5 Å². The number of aliphatic hydroxyl groups is 1. The van der Waals surface area contributed by atoms with Gasteiger partial charge in [0, 0.05) is 56.3 Å². The zero-order valence-electron chi connectivity index (χ0n) is 27.4. The minimum Gasteiger partial charge on any atom is -0.505 e. The molecule has 5 aliphatic rings. The Morgan fingerprint density at radius 2 is 1.86 bits per heavy atom. The summed E-state index contributed by atoms with van der Waals surface area (Å²) >= 11 is 0. The Bertz CT molecular complexity index is 2030. The van der Waals surface area contributed by atoms with Crippen LogP contribution in [0.25, 0.3) is 28.0 Å². The van der Waals surface area contributed by atoms with Gasteiger partial charge >= 0.3 is 0 Å². The third-order valence-corrected chi connectivity index (χ3v) is 10.5. The molecule has 0 radical (unpaired) electrons. The Balaban J connectivity index is 0.966. The Labute approximate surface area is 287 Å². The number of aromatic nitrogens is 4. The van der Waals surface area contributed by atoms with Crippen molar-refractivity contribution in [2.24, 2.45) is 0 Å². The van der Waals surface area contributed by atoms with Gasteiger partial charge in [-0.25, -0.2) is 18.7 Å². The number of rotatable bonds is 7. The van der Waals surface area contributed by atoms with Gasteiger partial charge in [0.2, 0.25) is 0 Å². The molecule has 2 saturated heterocycles. The Morgan fingerprint density at radius 3 is 2.60 bits per heavy atom. The molecular formula is C37H37F2N7O4. The lowest BCUT2D eigenvalue weighted by Crippen LogP contribution is -2.56. The van der Waals surface area contributed by atoms with Gasteiger partial charge in [0.15, 0.2) is 0 Å². The molecule has 11 nitrogen and oxygen atoms in total. The summed E-state index contributed by atoms with van der Waals surface area (Å²) in [5.41, 5.74) is 4.14. The molecule has 50 heavy (non-hydrogen) atoms. The maximum atomic E-state index is 15.5. The number of carbonyl (C=O) groups excluding carboxylic acids is 1. The maximum Gasteiger partial charge on any atom is 0.265 e. The summed E-state index contributed by atoms with van der Waals surface area (Å²) in [6.07, 6.45) is 4.70. The van der Waals surface area contributed by atoms with Gasteiger partial charge in [-0.15, -0.1) is 0 Å². The number of halogens is 2. The molecule has 3 aliphatic heterocycles. The number of allylic oxidation sites excluding steroid dienone is 2. The van der Waals surface area contributed by atoms with E-state index < -0.39 is 17.9 Å². The largest absolute Gasteiger partial charge is 0.505 e. The number of hydrogen-bond donors (Lipinski definition) is 2. The molecule has 0 bridgehead atoms. The summed E-state index contributed by atoms with van der Waals surface area (Å²) in [6, 6.07) is 9.55. The van der Waals surface area contributed by atoms with Crippen LogP contribution in [0.15, 0.2) is 60.4 Å². The number of aromatic amines is 1. The fourth-order valence-corrected chi connectivity index (χ4v) is 7.45. The van der Waals surface area contributed by atoms with Gasteiger partial charge in [0.05, 0.1) is 48.6 Å². The number of aliphatic hydroxyl groups excluding tert-OH is 1. The Kier molecular flexibility index (Phi) is 7.85. The number of nitrogens with one attached hydrogen (secondary N) is 1. The van der Waals surface area contributed by atoms with Crippen LogP contribution in [0.2, 0.25) is 0 Å². The van der Waals surface area contributed by atoms with Crippen LogP contribution < -0.4 is 4.74 Å². The van der Waals surface area contributed by atoms with E-state index >= 15 is 8.78 Å². The van der Waals surface area contributed by atoms with E-state index in [4.69, 9.17) is 14.5 Å². The molecule has 1 atom stereocenters. The molecule has 1 saturated carbocycles. The van der Waals surface area contributed by atoms with Crippen molar-refractivity contribution in [3.63, 3.8) is 0 Å². The first-order valence-electron chi connectivity index (χ1n) is 17.3. The van der Waals surface area contributed by atoms with Crippen molar-refractivity contribution < 1.29 is 28.2 Å². The molecule has 2 N–H and O–H groups in total. The van der Waals surface area contributed by atoms with Crippen LogP contribution in [0.5, 0.6) is 5.75 Å². The molecule has 9 rings (SSSR count). The van der Waals surface area contributed by atoms with Crippen molar-refractivity contribution in [2.75, 3.05) is 52.5 Å². The lowest BCUT2D eigenvalue weighted by Gasteiger charge is -2.42. The minimum atomic E-state index is -1.53. The number of ether oxygens (including phenoxy) is 2. The molecule has 13 heteroatoms. The number of piperazine rings is 1. The zero-order valence-corrected chi connectivity index (χ0v) is 27.4. The molecule has 258 valence electrons. The molecule has 3 fully saturated rings. The van der Waals surface area contributed by atoms with Gasteiger partial charge in [0.25, 0.3) is 5.91 Å². The highest BCUT2D eigenvalue weighted by Crippen LogP contribution is 2.44. The molecule has 3 aromatic heterocycles. The number of nitrogens with zero attached hydrogens (tertiary/aromatic N) is 6. The lowest BCUT2D eigenvalue weighted by atomic mass is 9.94. The van der Waals surface area contributed by atoms with Crippen LogP contribution >= 0.6 is 0 Å². The molecule has 2 aliphatic carbocycles. The number of alkyl halides is 1. The monoisotopic (exact) mass is 681 g/mol. The second-order valence-electron chi connectivity index (χ2n) is 13.8. The van der Waals surface area contributed by atoms with Crippen LogP contribution in [-0.4, -0.2) is 110 Å². The predicted octanol–water partition coefficient (Wildman–Crippen LogP) is 4.98. The number of pyridine rings is 1. The number of hydrogen-bond acceptors (Lipinski definition) is 9. The first kappa shape index (κ1) is 31.3. The van der Waals surface area contributed by atoms with Crippen molar-refractivity contribution in [2.45, 2.75) is 43.9 Å². The van der Waals surface area contributed by atoms with E-state index in [0.29, 0.717) is 34.2 Å². The number of carbonyl (C=O) groups is 1. The average Bonchev–Trinajstić information content (AvgIpc) is 3.88. The summed E-state index contributed by atoms with van der Waals surface area (Å²) in [6.45, 7) is 6.66. The van der Waals surface area contributed by atoms with Gasteiger partial charge in [-0.1, -0.05) is 6.07 Å². The fourth-order valence-electron chi connectivity index (χ4n) is 7.45. The second-order valence-corrected chi connectivity index (χ2v) is 13.8. The van der Waals surface area contributed by atoms with Crippen LogP contribution in [0, 0.1) is 5.82 Å². The Hall–Kier alpha value is -4.72. The lowest BCUT2D eigenvalue weighted by molar-refractivity contribution is -0.0774. The summed E-state index contributed by atoms with van der Waals surface area (Å²) in [5, 5.41) is 12.2. The SMILES string of the molecule is O=C1c2c(F)cc(C3CC3)cc2OCCN1C1=CC(F)CC(c2ncnc3[nH]c(-c4ccc(CN5CCN(C6COC6)CC5)cn4)cc23)=C1O. The summed E-state index contributed by atoms with van der Waals surface area (Å²) in [5.74, 6) is -1.23. The highest BCUT2D eigenvalue weighted by Gasteiger charge is 2.36. The first-order chi connectivity index (χ1) is 24.4. The number of H-pyrrole nitrogens is 1. The van der Waals surface area contributed by atoms with Crippen LogP contribution in [0.3, 0.4) is 0 Å². The van der Waals surface area contributed by atoms with Crippen molar-refractivity contribution in [3.8, 4) is 17.1 Å². The quantitative estimate of drug-likeness (QED) is 0.278. The molecule has 1 amide bonds. The van der Waals surface area contributed by atoms with Crippen molar-refractivity contribution in [1.82, 2.24) is 34.6 Å². The summed E-state index contributed by atoms with van der Waals surface area (Å²) < 4.78 is 42.0. The topological polar surface area (TPSA) is 120 Å². The molecule has 1 aromatic carbocycles. The molecule has 4 aromatic rings. The fraction of sp³-hybridized carbons (Fsp3) is 0.405. The third kappa shape index (κ3) is 5.72. The minimum absolute atomic E-state index is 0.00284. The number of fused-ring (bicyclic) bond motifs is 2. The van der Waals surface area contributed by atoms with Crippen molar-refractivity contribution in [3.05, 3.63) is 88.6 Å². The van der Waals surface area contributed by atoms with E-state index in [9.17, 15) is 9.90 Å². The van der Waals surface area contributed by atoms with Gasteiger partial charge < -0.3 is 24.5 Å². The first-order valence-corrected chi connectivity index (χ1v) is 17.3. The van der Waals surface area contributed by atoms with Gasteiger partial charge in [-0.2, -0.15) is 0 Å². The van der Waals surface area contributed by atoms with E-state index in [0.717, 1.165) is 69.9 Å². The van der Waals surface area contributed by atoms with Crippen LogP contribution in [-0.2, 0) is 11.3 Å². The van der Waals surface area contributed by atoms with E-state index in [1.807, 2.05) is 18.3 Å². The summed E-state index contributed by atoms with van der Waals surface area (Å²) in [4.78, 5) is 36.8. The summed E-state index contributed by atoms with van der Waals surface area (Å²) in [7, 11) is 0. The average molecular weight is 682 g/mol. The standard InChI is InChI=1S/C37H37F2N7O4/c38-24-13-26(35(47)31(14-24)46-9-10-50-32-12-23(22-2-3-22)11-28(39)33(32)37(46)48)34-27-15-30(43-36(27)42-20-41-34)29-4-1-21(16-40-29)17-44-5-7-45(8-6-44)25-18-49-19-25/h1,4,11-12,14-16,20,22,24-25,47H,2-3,5-10,13,17-19H2,(H,41,42,43). The van der Waals surface area contributed by atoms with E-state index in [1.54, 1.807) is 6.07 Å². The molecular weight excluding hydrogens is 644 g/mol.